The molecule has 2 rings (SSSR count). The number of nitrogens with one attached hydrogen (secondary N) is 1. The third-order valence-corrected chi connectivity index (χ3v) is 2.60. The van der Waals surface area contributed by atoms with E-state index in [1.54, 1.807) is 0 Å². The lowest BCUT2D eigenvalue weighted by molar-refractivity contribution is 0.955. The monoisotopic (exact) mass is 242 g/mol. The standard InChI is InChI=1S/C14H18N4/c1-4-7-15-14-8-13(17-11(3)18-14)12-6-5-10(2)16-9-12/h5-6,8-9H,4,7H2,1-3H3,(H,15,17,18). The molecule has 0 bridgehead atoms. The van der Waals surface area contributed by atoms with Crippen LogP contribution in [0.3, 0.4) is 0 Å². The van der Waals surface area contributed by atoms with Crippen molar-refractivity contribution < 1.29 is 0 Å². The highest BCUT2D eigenvalue weighted by Crippen LogP contribution is 2.19. The van der Waals surface area contributed by atoms with Gasteiger partial charge in [0.05, 0.1) is 5.69 Å². The van der Waals surface area contributed by atoms with Gasteiger partial charge in [-0.05, 0) is 32.4 Å². The normalized spacial score (nSPS) is 10.4. The molecule has 2 heterocycles. The molecule has 0 aliphatic heterocycles. The van der Waals surface area contributed by atoms with E-state index in [-0.39, 0.29) is 0 Å². The SMILES string of the molecule is CCCNc1cc(-c2ccc(C)nc2)nc(C)n1. The second kappa shape index (κ2) is 5.58. The zero-order chi connectivity index (χ0) is 13.0. The molecule has 0 radical (unpaired) electrons. The fraction of sp³-hybridized carbons (Fsp3) is 0.357. The van der Waals surface area contributed by atoms with Crippen molar-refractivity contribution in [1.29, 1.82) is 0 Å². The molecule has 4 heteroatoms. The van der Waals surface area contributed by atoms with Crippen LogP contribution in [0.4, 0.5) is 5.82 Å². The van der Waals surface area contributed by atoms with E-state index in [9.17, 15) is 0 Å². The summed E-state index contributed by atoms with van der Waals surface area (Å²) in [7, 11) is 0. The largest absolute Gasteiger partial charge is 0.370 e. The first-order chi connectivity index (χ1) is 8.69. The van der Waals surface area contributed by atoms with Gasteiger partial charge in [0.2, 0.25) is 0 Å². The van der Waals surface area contributed by atoms with Crippen LogP contribution in [-0.4, -0.2) is 21.5 Å². The molecule has 0 saturated carbocycles. The Bertz CT molecular complexity index is 520. The maximum absolute atomic E-state index is 4.45. The average Bonchev–Trinajstić information content (AvgIpc) is 2.36. The molecular formula is C14H18N4. The number of nitrogens with zero attached hydrogens (tertiary/aromatic N) is 3. The fourth-order valence-electron chi connectivity index (χ4n) is 1.68. The first-order valence-electron chi connectivity index (χ1n) is 6.21. The summed E-state index contributed by atoms with van der Waals surface area (Å²) in [5, 5.41) is 3.29. The van der Waals surface area contributed by atoms with Crippen molar-refractivity contribution in [1.82, 2.24) is 15.0 Å². The Morgan fingerprint density at radius 1 is 1.17 bits per heavy atom. The molecule has 2 aromatic rings. The zero-order valence-corrected chi connectivity index (χ0v) is 11.1. The molecule has 0 fully saturated rings. The number of anilines is 1. The summed E-state index contributed by atoms with van der Waals surface area (Å²) in [6, 6.07) is 5.99. The second-order valence-electron chi connectivity index (χ2n) is 4.30. The van der Waals surface area contributed by atoms with E-state index < -0.39 is 0 Å². The third kappa shape index (κ3) is 3.03. The van der Waals surface area contributed by atoms with Gasteiger partial charge in [-0.1, -0.05) is 6.92 Å². The predicted octanol–water partition coefficient (Wildman–Crippen LogP) is 2.98. The quantitative estimate of drug-likeness (QED) is 0.895. The van der Waals surface area contributed by atoms with Crippen molar-refractivity contribution in [3.05, 3.63) is 35.9 Å². The van der Waals surface area contributed by atoms with Gasteiger partial charge >= 0.3 is 0 Å². The van der Waals surface area contributed by atoms with Crippen LogP contribution in [0.1, 0.15) is 24.9 Å². The first-order valence-corrected chi connectivity index (χ1v) is 6.21. The number of hydrogen-bond acceptors (Lipinski definition) is 4. The highest BCUT2D eigenvalue weighted by molar-refractivity contribution is 5.61. The van der Waals surface area contributed by atoms with Crippen LogP contribution in [-0.2, 0) is 0 Å². The van der Waals surface area contributed by atoms with E-state index in [4.69, 9.17) is 0 Å². The van der Waals surface area contributed by atoms with E-state index in [1.807, 2.05) is 38.2 Å². The van der Waals surface area contributed by atoms with Crippen LogP contribution in [0.15, 0.2) is 24.4 Å². The molecule has 4 nitrogen and oxygen atoms in total. The average molecular weight is 242 g/mol. The van der Waals surface area contributed by atoms with Crippen molar-refractivity contribution in [2.24, 2.45) is 0 Å². The van der Waals surface area contributed by atoms with E-state index in [0.717, 1.165) is 41.6 Å². The molecule has 0 atom stereocenters. The molecule has 0 spiro atoms. The summed E-state index contributed by atoms with van der Waals surface area (Å²) < 4.78 is 0. The van der Waals surface area contributed by atoms with Crippen molar-refractivity contribution in [3.63, 3.8) is 0 Å². The molecule has 0 saturated heterocycles. The van der Waals surface area contributed by atoms with Crippen LogP contribution in [0.2, 0.25) is 0 Å². The first kappa shape index (κ1) is 12.5. The molecule has 0 aliphatic rings. The Morgan fingerprint density at radius 3 is 2.67 bits per heavy atom. The van der Waals surface area contributed by atoms with Crippen molar-refractivity contribution in [2.45, 2.75) is 27.2 Å². The second-order valence-corrected chi connectivity index (χ2v) is 4.30. The van der Waals surface area contributed by atoms with Crippen molar-refractivity contribution in [2.75, 3.05) is 11.9 Å². The van der Waals surface area contributed by atoms with Gasteiger partial charge in [0.25, 0.3) is 0 Å². The number of aromatic nitrogens is 3. The molecule has 0 unspecified atom stereocenters. The van der Waals surface area contributed by atoms with Crippen LogP contribution < -0.4 is 5.32 Å². The summed E-state index contributed by atoms with van der Waals surface area (Å²) in [6.07, 6.45) is 2.92. The molecule has 1 N–H and O–H groups in total. The Balaban J connectivity index is 2.32. The molecule has 18 heavy (non-hydrogen) atoms. The summed E-state index contributed by atoms with van der Waals surface area (Å²) in [4.78, 5) is 13.1. The minimum atomic E-state index is 0.770. The summed E-state index contributed by atoms with van der Waals surface area (Å²) in [5.41, 5.74) is 2.94. The van der Waals surface area contributed by atoms with Gasteiger partial charge in [-0.2, -0.15) is 0 Å². The van der Waals surface area contributed by atoms with E-state index >= 15 is 0 Å². The number of hydrogen-bond donors (Lipinski definition) is 1. The van der Waals surface area contributed by atoms with Gasteiger partial charge < -0.3 is 5.32 Å². The van der Waals surface area contributed by atoms with Crippen molar-refractivity contribution >= 4 is 5.82 Å². The van der Waals surface area contributed by atoms with Crippen LogP contribution in [0.5, 0.6) is 0 Å². The van der Waals surface area contributed by atoms with Gasteiger partial charge in [0, 0.05) is 30.1 Å². The summed E-state index contributed by atoms with van der Waals surface area (Å²) >= 11 is 0. The number of rotatable bonds is 4. The Hall–Kier alpha value is -1.97. The smallest absolute Gasteiger partial charge is 0.130 e. The van der Waals surface area contributed by atoms with E-state index in [1.165, 1.54) is 0 Å². The van der Waals surface area contributed by atoms with E-state index in [2.05, 4.69) is 27.2 Å². The zero-order valence-electron chi connectivity index (χ0n) is 11.1. The third-order valence-electron chi connectivity index (χ3n) is 2.60. The lowest BCUT2D eigenvalue weighted by Crippen LogP contribution is -2.04. The summed E-state index contributed by atoms with van der Waals surface area (Å²) in [5.74, 6) is 1.65. The van der Waals surface area contributed by atoms with Gasteiger partial charge in [0.15, 0.2) is 0 Å². The topological polar surface area (TPSA) is 50.7 Å². The molecule has 0 aliphatic carbocycles. The van der Waals surface area contributed by atoms with Gasteiger partial charge in [-0.3, -0.25) is 4.98 Å². The van der Waals surface area contributed by atoms with Crippen LogP contribution >= 0.6 is 0 Å². The van der Waals surface area contributed by atoms with Crippen LogP contribution in [0.25, 0.3) is 11.3 Å². The minimum Gasteiger partial charge on any atom is -0.370 e. The number of pyridine rings is 1. The molecule has 2 aromatic heterocycles. The van der Waals surface area contributed by atoms with E-state index in [0.29, 0.717) is 0 Å². The molecular weight excluding hydrogens is 224 g/mol. The fourth-order valence-corrected chi connectivity index (χ4v) is 1.68. The Labute approximate surface area is 108 Å². The summed E-state index contributed by atoms with van der Waals surface area (Å²) in [6.45, 7) is 6.93. The van der Waals surface area contributed by atoms with Crippen molar-refractivity contribution in [3.8, 4) is 11.3 Å². The number of aryl methyl sites for hydroxylation is 2. The molecule has 0 amide bonds. The highest BCUT2D eigenvalue weighted by atomic mass is 15.0. The lowest BCUT2D eigenvalue weighted by atomic mass is 10.2. The lowest BCUT2D eigenvalue weighted by Gasteiger charge is -2.07. The van der Waals surface area contributed by atoms with Crippen LogP contribution in [0, 0.1) is 13.8 Å². The Morgan fingerprint density at radius 2 is 2.00 bits per heavy atom. The predicted molar refractivity (Wildman–Crippen MR) is 73.5 cm³/mol. The maximum Gasteiger partial charge on any atom is 0.130 e. The highest BCUT2D eigenvalue weighted by Gasteiger charge is 2.04. The Kier molecular flexibility index (Phi) is 3.87. The van der Waals surface area contributed by atoms with Gasteiger partial charge in [-0.25, -0.2) is 9.97 Å². The molecule has 0 aromatic carbocycles. The van der Waals surface area contributed by atoms with Gasteiger partial charge in [0.1, 0.15) is 11.6 Å². The molecule has 94 valence electrons. The van der Waals surface area contributed by atoms with Gasteiger partial charge in [-0.15, -0.1) is 0 Å². The maximum atomic E-state index is 4.45. The minimum absolute atomic E-state index is 0.770.